The Bertz CT molecular complexity index is 753. The average molecular weight is 273 g/mol. The molecule has 21 heavy (non-hydrogen) atoms. The van der Waals surface area contributed by atoms with Crippen LogP contribution in [-0.4, -0.2) is 4.90 Å². The lowest BCUT2D eigenvalue weighted by Crippen LogP contribution is -2.18. The Hall–Kier alpha value is -2.28. The molecular weight excluding hydrogens is 254 g/mol. The number of nitrogens with zero attached hydrogens (tertiary/aromatic N) is 1. The van der Waals surface area contributed by atoms with E-state index in [1.165, 1.54) is 33.4 Å². The van der Waals surface area contributed by atoms with E-state index in [1.54, 1.807) is 0 Å². The molecule has 0 saturated heterocycles. The highest BCUT2D eigenvalue weighted by atomic mass is 15.2. The van der Waals surface area contributed by atoms with E-state index in [0.717, 1.165) is 6.54 Å². The van der Waals surface area contributed by atoms with Crippen molar-refractivity contribution in [2.75, 3.05) is 0 Å². The van der Waals surface area contributed by atoms with Crippen LogP contribution >= 0.6 is 0 Å². The van der Waals surface area contributed by atoms with Crippen molar-refractivity contribution < 1.29 is 0 Å². The predicted molar refractivity (Wildman–Crippen MR) is 87.7 cm³/mol. The van der Waals surface area contributed by atoms with E-state index in [-0.39, 0.29) is 0 Å². The van der Waals surface area contributed by atoms with Crippen LogP contribution in [0.5, 0.6) is 0 Å². The van der Waals surface area contributed by atoms with Gasteiger partial charge in [-0.1, -0.05) is 48.5 Å². The van der Waals surface area contributed by atoms with Gasteiger partial charge in [-0.05, 0) is 53.3 Å². The van der Waals surface area contributed by atoms with E-state index in [4.69, 9.17) is 0 Å². The van der Waals surface area contributed by atoms with Crippen LogP contribution in [0.3, 0.4) is 0 Å². The molecular formula is C20H19N. The second-order valence-electron chi connectivity index (χ2n) is 6.06. The fourth-order valence-corrected chi connectivity index (χ4v) is 3.33. The summed E-state index contributed by atoms with van der Waals surface area (Å²) in [5.74, 6) is 0. The second-order valence-corrected chi connectivity index (χ2v) is 6.06. The van der Waals surface area contributed by atoms with Crippen LogP contribution in [0.2, 0.25) is 0 Å². The highest BCUT2D eigenvalue weighted by molar-refractivity contribution is 5.66. The van der Waals surface area contributed by atoms with E-state index in [9.17, 15) is 0 Å². The molecule has 0 aliphatic carbocycles. The molecule has 2 aromatic carbocycles. The molecule has 1 atom stereocenters. The van der Waals surface area contributed by atoms with E-state index >= 15 is 0 Å². The molecule has 0 radical (unpaired) electrons. The van der Waals surface area contributed by atoms with Gasteiger partial charge in [0, 0.05) is 12.7 Å². The standard InChI is InChI=1S/C20H19N/c1-14-10-20-19-11-17(16-6-4-3-5-7-16)8-9-18(19)13-21(20)12-15(14)2/h3-12,20H,13H2,1-2H3. The van der Waals surface area contributed by atoms with Gasteiger partial charge in [0.2, 0.25) is 0 Å². The molecule has 2 aromatic rings. The zero-order valence-electron chi connectivity index (χ0n) is 12.5. The van der Waals surface area contributed by atoms with Gasteiger partial charge in [-0.2, -0.15) is 0 Å². The summed E-state index contributed by atoms with van der Waals surface area (Å²) in [6, 6.07) is 18.0. The Labute approximate surface area is 126 Å². The first-order chi connectivity index (χ1) is 10.2. The van der Waals surface area contributed by atoms with Crippen LogP contribution in [-0.2, 0) is 6.54 Å². The number of hydrogen-bond acceptors (Lipinski definition) is 1. The molecule has 0 fully saturated rings. The predicted octanol–water partition coefficient (Wildman–Crippen LogP) is 5.07. The summed E-state index contributed by atoms with van der Waals surface area (Å²) in [6.07, 6.45) is 4.71. The monoisotopic (exact) mass is 273 g/mol. The van der Waals surface area contributed by atoms with Crippen LogP contribution in [0.25, 0.3) is 11.1 Å². The van der Waals surface area contributed by atoms with Crippen molar-refractivity contribution in [1.29, 1.82) is 0 Å². The van der Waals surface area contributed by atoms with Gasteiger partial charge in [-0.3, -0.25) is 0 Å². The third kappa shape index (κ3) is 2.01. The van der Waals surface area contributed by atoms with Gasteiger partial charge in [0.25, 0.3) is 0 Å². The molecule has 0 spiro atoms. The minimum absolute atomic E-state index is 0.410. The van der Waals surface area contributed by atoms with Gasteiger partial charge in [0.05, 0.1) is 6.04 Å². The lowest BCUT2D eigenvalue weighted by Gasteiger charge is -2.27. The van der Waals surface area contributed by atoms with Gasteiger partial charge in [-0.15, -0.1) is 0 Å². The van der Waals surface area contributed by atoms with Crippen molar-refractivity contribution in [2.24, 2.45) is 0 Å². The molecule has 0 saturated carbocycles. The summed E-state index contributed by atoms with van der Waals surface area (Å²) in [6.45, 7) is 5.43. The third-order valence-electron chi connectivity index (χ3n) is 4.67. The maximum atomic E-state index is 2.45. The summed E-state index contributed by atoms with van der Waals surface area (Å²) in [4.78, 5) is 2.45. The number of rotatable bonds is 1. The number of benzene rings is 2. The van der Waals surface area contributed by atoms with E-state index in [1.807, 2.05) is 0 Å². The van der Waals surface area contributed by atoms with Gasteiger partial charge in [-0.25, -0.2) is 0 Å². The minimum Gasteiger partial charge on any atom is -0.362 e. The zero-order chi connectivity index (χ0) is 14.4. The molecule has 1 nitrogen and oxygen atoms in total. The highest BCUT2D eigenvalue weighted by Crippen LogP contribution is 2.41. The first-order valence-corrected chi connectivity index (χ1v) is 7.53. The number of fused-ring (bicyclic) bond motifs is 3. The molecule has 104 valence electrons. The van der Waals surface area contributed by atoms with Crippen molar-refractivity contribution >= 4 is 0 Å². The summed E-state index contributed by atoms with van der Waals surface area (Å²) >= 11 is 0. The first-order valence-electron chi connectivity index (χ1n) is 7.53. The molecule has 1 heteroatoms. The summed E-state index contributed by atoms with van der Waals surface area (Å²) < 4.78 is 0. The Morgan fingerprint density at radius 3 is 2.52 bits per heavy atom. The van der Waals surface area contributed by atoms with Crippen molar-refractivity contribution in [3.63, 3.8) is 0 Å². The minimum atomic E-state index is 0.410. The molecule has 2 aliphatic rings. The van der Waals surface area contributed by atoms with Gasteiger partial charge in [0.1, 0.15) is 0 Å². The maximum Gasteiger partial charge on any atom is 0.0734 e. The Balaban J connectivity index is 1.79. The van der Waals surface area contributed by atoms with Gasteiger partial charge in [0.15, 0.2) is 0 Å². The highest BCUT2D eigenvalue weighted by Gasteiger charge is 2.29. The van der Waals surface area contributed by atoms with Gasteiger partial charge >= 0.3 is 0 Å². The van der Waals surface area contributed by atoms with E-state index < -0.39 is 0 Å². The third-order valence-corrected chi connectivity index (χ3v) is 4.67. The van der Waals surface area contributed by atoms with Crippen molar-refractivity contribution in [3.8, 4) is 11.1 Å². The number of hydrogen-bond donors (Lipinski definition) is 0. The van der Waals surface area contributed by atoms with Crippen LogP contribution in [0.1, 0.15) is 31.0 Å². The Kier molecular flexibility index (Phi) is 2.75. The van der Waals surface area contributed by atoms with Crippen molar-refractivity contribution in [1.82, 2.24) is 4.90 Å². The Morgan fingerprint density at radius 2 is 1.71 bits per heavy atom. The van der Waals surface area contributed by atoms with Crippen LogP contribution in [0, 0.1) is 0 Å². The second kappa shape index (κ2) is 4.63. The summed E-state index contributed by atoms with van der Waals surface area (Å²) in [5.41, 5.74) is 8.29. The first kappa shape index (κ1) is 12.5. The molecule has 0 amide bonds. The molecule has 0 bridgehead atoms. The van der Waals surface area contributed by atoms with Crippen LogP contribution < -0.4 is 0 Å². The van der Waals surface area contributed by atoms with Gasteiger partial charge < -0.3 is 4.90 Å². The lowest BCUT2D eigenvalue weighted by molar-refractivity contribution is 0.344. The van der Waals surface area contributed by atoms with Crippen molar-refractivity contribution in [2.45, 2.75) is 26.4 Å². The van der Waals surface area contributed by atoms with E-state index in [0.29, 0.717) is 6.04 Å². The molecule has 0 N–H and O–H groups in total. The smallest absolute Gasteiger partial charge is 0.0734 e. The topological polar surface area (TPSA) is 3.24 Å². The number of allylic oxidation sites excluding steroid dienone is 2. The molecule has 4 rings (SSSR count). The maximum absolute atomic E-state index is 2.45. The van der Waals surface area contributed by atoms with Crippen LogP contribution in [0.4, 0.5) is 0 Å². The zero-order valence-corrected chi connectivity index (χ0v) is 12.5. The largest absolute Gasteiger partial charge is 0.362 e. The SMILES string of the molecule is CC1=CC2c3cc(-c4ccccc4)ccc3CN2C=C1C. The summed E-state index contributed by atoms with van der Waals surface area (Å²) in [5, 5.41) is 0. The quantitative estimate of drug-likeness (QED) is 0.701. The fourth-order valence-electron chi connectivity index (χ4n) is 3.33. The molecule has 2 aliphatic heterocycles. The molecule has 1 unspecified atom stereocenters. The Morgan fingerprint density at radius 1 is 0.905 bits per heavy atom. The fraction of sp³-hybridized carbons (Fsp3) is 0.200. The molecule has 0 aromatic heterocycles. The normalized spacial score (nSPS) is 19.7. The van der Waals surface area contributed by atoms with Crippen molar-refractivity contribution in [3.05, 3.63) is 83.1 Å². The van der Waals surface area contributed by atoms with Crippen LogP contribution in [0.15, 0.2) is 72.0 Å². The molecule has 2 heterocycles. The lowest BCUT2D eigenvalue weighted by atomic mass is 9.95. The summed E-state index contributed by atoms with van der Waals surface area (Å²) in [7, 11) is 0. The van der Waals surface area contributed by atoms with E-state index in [2.05, 4.69) is 79.6 Å². The average Bonchev–Trinajstić information content (AvgIpc) is 2.85.